The number of nitrogens with one attached hydrogen (secondary N) is 2. The highest BCUT2D eigenvalue weighted by Gasteiger charge is 2.15. The smallest absolute Gasteiger partial charge is 0.222 e. The van der Waals surface area contributed by atoms with Crippen molar-refractivity contribution < 1.29 is 9.53 Å². The van der Waals surface area contributed by atoms with Gasteiger partial charge in [-0.3, -0.25) is 4.79 Å². The molecule has 0 spiro atoms. The largest absolute Gasteiger partial charge is 0.482 e. The monoisotopic (exact) mass is 373 g/mol. The summed E-state index contributed by atoms with van der Waals surface area (Å²) < 4.78 is 5.84. The van der Waals surface area contributed by atoms with E-state index < -0.39 is 0 Å². The number of H-pyrrole nitrogens is 1. The highest BCUT2D eigenvalue weighted by atomic mass is 16.5. The van der Waals surface area contributed by atoms with Gasteiger partial charge in [-0.1, -0.05) is 19.8 Å². The normalized spacial score (nSPS) is 11.8. The minimum atomic E-state index is -0.0555. The third-order valence-electron chi connectivity index (χ3n) is 4.39. The summed E-state index contributed by atoms with van der Waals surface area (Å²) in [6.07, 6.45) is 7.27. The first-order valence-corrected chi connectivity index (χ1v) is 9.09. The van der Waals surface area contributed by atoms with Gasteiger partial charge < -0.3 is 25.6 Å². The number of hydrogen-bond acceptors (Lipinski definition) is 7. The summed E-state index contributed by atoms with van der Waals surface area (Å²) in [5.41, 5.74) is 7.65. The number of ether oxygens (including phenoxy) is 1. The van der Waals surface area contributed by atoms with Crippen LogP contribution in [0.1, 0.15) is 49.4 Å². The maximum absolute atomic E-state index is 12.1. The van der Waals surface area contributed by atoms with Crippen LogP contribution in [0.2, 0.25) is 0 Å². The third kappa shape index (κ3) is 5.54. The van der Waals surface area contributed by atoms with Crippen molar-refractivity contribution in [2.45, 2.75) is 59.1 Å². The number of hydrogen-bond donors (Lipinski definition) is 3. The average molecular weight is 373 g/mol. The van der Waals surface area contributed by atoms with Crippen LogP contribution < -0.4 is 21.2 Å². The number of aryl methyl sites for hydroxylation is 1. The van der Waals surface area contributed by atoms with Crippen molar-refractivity contribution in [1.29, 1.82) is 0 Å². The Balaban J connectivity index is 2.18. The van der Waals surface area contributed by atoms with Crippen LogP contribution >= 0.6 is 0 Å². The van der Waals surface area contributed by atoms with Crippen LogP contribution in [0.3, 0.4) is 0 Å². The molecule has 2 aromatic rings. The van der Waals surface area contributed by atoms with Crippen LogP contribution in [0.15, 0.2) is 17.2 Å². The lowest BCUT2D eigenvalue weighted by atomic mass is 10.1. The quantitative estimate of drug-likeness (QED) is 0.547. The standard InChI is InChI=1S/C19H27N5O3/c1-4-5-6-14(7-8-25)23-18-16(10-22-19(20)24-18)27-11-15-13(3)17(26)12(2)9-21-15/h8-10,14H,4-7,11H2,1-3H3,(H,21,26)(H3,20,22,23,24)/t14-/m0/s1. The van der Waals surface area contributed by atoms with E-state index in [-0.39, 0.29) is 24.0 Å². The molecule has 2 rings (SSSR count). The average Bonchev–Trinajstić information content (AvgIpc) is 2.65. The van der Waals surface area contributed by atoms with Crippen molar-refractivity contribution in [3.63, 3.8) is 0 Å². The molecule has 2 heterocycles. The van der Waals surface area contributed by atoms with Gasteiger partial charge in [0.1, 0.15) is 12.9 Å². The number of unbranched alkanes of at least 4 members (excludes halogenated alkanes) is 1. The Morgan fingerprint density at radius 1 is 1.41 bits per heavy atom. The van der Waals surface area contributed by atoms with Gasteiger partial charge in [0.15, 0.2) is 17.0 Å². The first kappa shape index (κ1) is 20.4. The SMILES string of the molecule is CCCC[C@@H](CC=O)Nc1nc(N)ncc1OCc1[nH]cc(C)c(=O)c1C. The fraction of sp³-hybridized carbons (Fsp3) is 0.474. The van der Waals surface area contributed by atoms with Crippen molar-refractivity contribution in [3.05, 3.63) is 39.4 Å². The molecule has 146 valence electrons. The van der Waals surface area contributed by atoms with E-state index in [1.807, 2.05) is 0 Å². The number of nitrogens with zero attached hydrogens (tertiary/aromatic N) is 2. The fourth-order valence-electron chi connectivity index (χ4n) is 2.70. The lowest BCUT2D eigenvalue weighted by Gasteiger charge is -2.19. The van der Waals surface area contributed by atoms with Gasteiger partial charge in [0.25, 0.3) is 0 Å². The van der Waals surface area contributed by atoms with E-state index in [0.717, 1.165) is 25.5 Å². The second-order valence-electron chi connectivity index (χ2n) is 6.52. The molecule has 1 atom stereocenters. The molecule has 0 aliphatic carbocycles. The summed E-state index contributed by atoms with van der Waals surface area (Å²) in [4.78, 5) is 34.3. The first-order valence-electron chi connectivity index (χ1n) is 9.09. The zero-order chi connectivity index (χ0) is 19.8. The number of aromatic nitrogens is 3. The highest BCUT2D eigenvalue weighted by molar-refractivity contribution is 5.55. The lowest BCUT2D eigenvalue weighted by molar-refractivity contribution is -0.108. The topological polar surface area (TPSA) is 123 Å². The molecule has 0 saturated heterocycles. The summed E-state index contributed by atoms with van der Waals surface area (Å²) in [6, 6.07) is -0.0555. The van der Waals surface area contributed by atoms with E-state index in [2.05, 4.69) is 27.2 Å². The zero-order valence-electron chi connectivity index (χ0n) is 16.0. The van der Waals surface area contributed by atoms with Crippen LogP contribution in [0.5, 0.6) is 5.75 Å². The first-order chi connectivity index (χ1) is 13.0. The number of carbonyl (C=O) groups is 1. The van der Waals surface area contributed by atoms with Gasteiger partial charge in [-0.05, 0) is 20.3 Å². The van der Waals surface area contributed by atoms with Crippen molar-refractivity contribution in [2.24, 2.45) is 0 Å². The second kappa shape index (κ2) is 9.70. The van der Waals surface area contributed by atoms with E-state index in [4.69, 9.17) is 10.5 Å². The Kier molecular flexibility index (Phi) is 7.34. The highest BCUT2D eigenvalue weighted by Crippen LogP contribution is 2.25. The predicted octanol–water partition coefficient (Wildman–Crippen LogP) is 2.50. The molecular weight excluding hydrogens is 346 g/mol. The molecule has 0 saturated carbocycles. The lowest BCUT2D eigenvalue weighted by Crippen LogP contribution is -2.22. The molecule has 0 amide bonds. The Labute approximate surface area is 158 Å². The number of aromatic amines is 1. The molecule has 2 aromatic heterocycles. The number of carbonyl (C=O) groups excluding carboxylic acids is 1. The maximum Gasteiger partial charge on any atom is 0.222 e. The van der Waals surface area contributed by atoms with Crippen molar-refractivity contribution in [1.82, 2.24) is 15.0 Å². The van der Waals surface area contributed by atoms with E-state index in [9.17, 15) is 9.59 Å². The Bertz CT molecular complexity index is 835. The molecule has 0 aliphatic rings. The molecule has 0 radical (unpaired) electrons. The number of nitrogen functional groups attached to an aromatic ring is 1. The molecule has 4 N–H and O–H groups in total. The van der Waals surface area contributed by atoms with Gasteiger partial charge in [-0.25, -0.2) is 4.98 Å². The summed E-state index contributed by atoms with van der Waals surface area (Å²) in [7, 11) is 0. The summed E-state index contributed by atoms with van der Waals surface area (Å²) >= 11 is 0. The molecule has 0 bridgehead atoms. The van der Waals surface area contributed by atoms with E-state index in [1.165, 1.54) is 6.20 Å². The maximum atomic E-state index is 12.1. The molecule has 27 heavy (non-hydrogen) atoms. The minimum Gasteiger partial charge on any atom is -0.482 e. The van der Waals surface area contributed by atoms with E-state index in [1.54, 1.807) is 20.0 Å². The second-order valence-corrected chi connectivity index (χ2v) is 6.52. The number of anilines is 2. The van der Waals surface area contributed by atoms with Gasteiger partial charge in [-0.15, -0.1) is 0 Å². The number of aldehydes is 1. The number of nitrogens with two attached hydrogens (primary N) is 1. The molecule has 0 aromatic carbocycles. The van der Waals surface area contributed by atoms with Gasteiger partial charge in [0, 0.05) is 29.8 Å². The molecule has 0 aliphatic heterocycles. The van der Waals surface area contributed by atoms with Gasteiger partial charge in [0.05, 0.1) is 11.9 Å². The minimum absolute atomic E-state index is 0.00938. The third-order valence-corrected chi connectivity index (χ3v) is 4.39. The van der Waals surface area contributed by atoms with Crippen LogP contribution in [0.25, 0.3) is 0 Å². The van der Waals surface area contributed by atoms with Crippen LogP contribution in [-0.4, -0.2) is 27.3 Å². The Morgan fingerprint density at radius 3 is 2.89 bits per heavy atom. The Hall–Kier alpha value is -2.90. The van der Waals surface area contributed by atoms with Crippen LogP contribution in [0, 0.1) is 13.8 Å². The molecule has 0 unspecified atom stereocenters. The van der Waals surface area contributed by atoms with E-state index in [0.29, 0.717) is 34.8 Å². The van der Waals surface area contributed by atoms with Crippen molar-refractivity contribution in [2.75, 3.05) is 11.1 Å². The van der Waals surface area contributed by atoms with Crippen LogP contribution in [-0.2, 0) is 11.4 Å². The molecular formula is C19H27N5O3. The van der Waals surface area contributed by atoms with Gasteiger partial charge >= 0.3 is 0 Å². The number of rotatable bonds is 10. The van der Waals surface area contributed by atoms with Gasteiger partial charge in [0.2, 0.25) is 5.95 Å². The predicted molar refractivity (Wildman–Crippen MR) is 105 cm³/mol. The fourth-order valence-corrected chi connectivity index (χ4v) is 2.70. The van der Waals surface area contributed by atoms with Crippen molar-refractivity contribution >= 4 is 18.1 Å². The van der Waals surface area contributed by atoms with E-state index >= 15 is 0 Å². The molecule has 8 heteroatoms. The Morgan fingerprint density at radius 2 is 2.19 bits per heavy atom. The summed E-state index contributed by atoms with van der Waals surface area (Å²) in [5.74, 6) is 0.972. The molecule has 0 fully saturated rings. The van der Waals surface area contributed by atoms with Crippen LogP contribution in [0.4, 0.5) is 11.8 Å². The summed E-state index contributed by atoms with van der Waals surface area (Å²) in [5, 5.41) is 3.24. The number of pyridine rings is 1. The summed E-state index contributed by atoms with van der Waals surface area (Å²) in [6.45, 7) is 5.78. The van der Waals surface area contributed by atoms with Crippen molar-refractivity contribution in [3.8, 4) is 5.75 Å². The molecule has 8 nitrogen and oxygen atoms in total. The zero-order valence-corrected chi connectivity index (χ0v) is 16.0. The van der Waals surface area contributed by atoms with Gasteiger partial charge in [-0.2, -0.15) is 4.98 Å².